The van der Waals surface area contributed by atoms with Crippen molar-refractivity contribution < 1.29 is 9.47 Å². The van der Waals surface area contributed by atoms with Crippen LogP contribution in [0.2, 0.25) is 0 Å². The van der Waals surface area contributed by atoms with Gasteiger partial charge in [0.05, 0.1) is 19.3 Å². The van der Waals surface area contributed by atoms with Crippen molar-refractivity contribution in [3.63, 3.8) is 0 Å². The lowest BCUT2D eigenvalue weighted by Crippen LogP contribution is -2.35. The molecule has 2 aromatic carbocycles. The molecule has 0 aromatic heterocycles. The quantitative estimate of drug-likeness (QED) is 0.907. The SMILES string of the molecule is CCOc1ccccc1C(C)(N)c1ccccc1OC. The Bertz CT molecular complexity index is 579. The topological polar surface area (TPSA) is 44.5 Å². The van der Waals surface area contributed by atoms with Gasteiger partial charge in [0.15, 0.2) is 0 Å². The summed E-state index contributed by atoms with van der Waals surface area (Å²) in [5.41, 5.74) is 7.81. The summed E-state index contributed by atoms with van der Waals surface area (Å²) >= 11 is 0. The van der Waals surface area contributed by atoms with E-state index in [0.29, 0.717) is 6.61 Å². The Kier molecular flexibility index (Phi) is 4.30. The first kappa shape index (κ1) is 14.4. The predicted molar refractivity (Wildman–Crippen MR) is 81.2 cm³/mol. The molecule has 20 heavy (non-hydrogen) atoms. The van der Waals surface area contributed by atoms with E-state index in [1.807, 2.05) is 62.4 Å². The standard InChI is InChI=1S/C17H21NO2/c1-4-20-16-12-8-6-10-14(16)17(2,18)13-9-5-7-11-15(13)19-3/h5-12H,4,18H2,1-3H3. The fraction of sp³-hybridized carbons (Fsp3) is 0.294. The highest BCUT2D eigenvalue weighted by molar-refractivity contribution is 5.50. The molecule has 0 heterocycles. The van der Waals surface area contributed by atoms with Crippen molar-refractivity contribution in [1.29, 1.82) is 0 Å². The van der Waals surface area contributed by atoms with Crippen LogP contribution in [-0.2, 0) is 5.54 Å². The molecule has 0 radical (unpaired) electrons. The summed E-state index contributed by atoms with van der Waals surface area (Å²) in [6.07, 6.45) is 0. The Hall–Kier alpha value is -2.00. The molecular formula is C17H21NO2. The van der Waals surface area contributed by atoms with Crippen molar-refractivity contribution in [3.8, 4) is 11.5 Å². The van der Waals surface area contributed by atoms with Crippen LogP contribution in [0.25, 0.3) is 0 Å². The fourth-order valence-corrected chi connectivity index (χ4v) is 2.40. The number of benzene rings is 2. The smallest absolute Gasteiger partial charge is 0.124 e. The molecular weight excluding hydrogens is 250 g/mol. The van der Waals surface area contributed by atoms with E-state index in [-0.39, 0.29) is 0 Å². The van der Waals surface area contributed by atoms with E-state index in [0.717, 1.165) is 22.6 Å². The fourth-order valence-electron chi connectivity index (χ4n) is 2.40. The van der Waals surface area contributed by atoms with E-state index in [4.69, 9.17) is 15.2 Å². The average Bonchev–Trinajstić information content (AvgIpc) is 2.48. The van der Waals surface area contributed by atoms with Gasteiger partial charge in [-0.05, 0) is 26.0 Å². The summed E-state index contributed by atoms with van der Waals surface area (Å²) in [5.74, 6) is 1.59. The van der Waals surface area contributed by atoms with Gasteiger partial charge in [0, 0.05) is 11.1 Å². The lowest BCUT2D eigenvalue weighted by atomic mass is 9.84. The third-order valence-electron chi connectivity index (χ3n) is 3.41. The number of hydrogen-bond acceptors (Lipinski definition) is 3. The Morgan fingerprint density at radius 3 is 2.00 bits per heavy atom. The summed E-state index contributed by atoms with van der Waals surface area (Å²) in [4.78, 5) is 0. The zero-order chi connectivity index (χ0) is 14.6. The number of para-hydroxylation sites is 2. The number of rotatable bonds is 5. The highest BCUT2D eigenvalue weighted by Gasteiger charge is 2.29. The third kappa shape index (κ3) is 2.63. The second-order valence-corrected chi connectivity index (χ2v) is 4.83. The van der Waals surface area contributed by atoms with Crippen molar-refractivity contribution in [1.82, 2.24) is 0 Å². The summed E-state index contributed by atoms with van der Waals surface area (Å²) in [6, 6.07) is 15.7. The van der Waals surface area contributed by atoms with Crippen LogP contribution >= 0.6 is 0 Å². The Morgan fingerprint density at radius 1 is 0.950 bits per heavy atom. The van der Waals surface area contributed by atoms with Gasteiger partial charge in [-0.2, -0.15) is 0 Å². The van der Waals surface area contributed by atoms with Crippen molar-refractivity contribution in [2.45, 2.75) is 19.4 Å². The maximum absolute atomic E-state index is 6.61. The van der Waals surface area contributed by atoms with E-state index in [1.165, 1.54) is 0 Å². The summed E-state index contributed by atoms with van der Waals surface area (Å²) in [6.45, 7) is 4.55. The number of methoxy groups -OCH3 is 1. The summed E-state index contributed by atoms with van der Waals surface area (Å²) < 4.78 is 11.1. The van der Waals surface area contributed by atoms with E-state index in [1.54, 1.807) is 7.11 Å². The van der Waals surface area contributed by atoms with Gasteiger partial charge in [-0.3, -0.25) is 0 Å². The monoisotopic (exact) mass is 271 g/mol. The van der Waals surface area contributed by atoms with Gasteiger partial charge in [-0.25, -0.2) is 0 Å². The maximum Gasteiger partial charge on any atom is 0.124 e. The van der Waals surface area contributed by atoms with Crippen LogP contribution in [-0.4, -0.2) is 13.7 Å². The molecule has 106 valence electrons. The molecule has 2 rings (SSSR count). The number of nitrogens with two attached hydrogens (primary N) is 1. The summed E-state index contributed by atoms with van der Waals surface area (Å²) in [5, 5.41) is 0. The highest BCUT2D eigenvalue weighted by Crippen LogP contribution is 2.37. The first-order chi connectivity index (χ1) is 9.61. The maximum atomic E-state index is 6.61. The van der Waals surface area contributed by atoms with Gasteiger partial charge in [-0.1, -0.05) is 36.4 Å². The van der Waals surface area contributed by atoms with Crippen LogP contribution in [0.1, 0.15) is 25.0 Å². The van der Waals surface area contributed by atoms with E-state index >= 15 is 0 Å². The second-order valence-electron chi connectivity index (χ2n) is 4.83. The second kappa shape index (κ2) is 5.97. The van der Waals surface area contributed by atoms with E-state index in [9.17, 15) is 0 Å². The van der Waals surface area contributed by atoms with Crippen LogP contribution in [0.4, 0.5) is 0 Å². The Labute approximate surface area is 120 Å². The lowest BCUT2D eigenvalue weighted by Gasteiger charge is -2.29. The van der Waals surface area contributed by atoms with Crippen LogP contribution in [0.5, 0.6) is 11.5 Å². The van der Waals surface area contributed by atoms with Gasteiger partial charge < -0.3 is 15.2 Å². The van der Waals surface area contributed by atoms with Crippen molar-refractivity contribution >= 4 is 0 Å². The molecule has 2 N–H and O–H groups in total. The first-order valence-corrected chi connectivity index (χ1v) is 6.76. The van der Waals surface area contributed by atoms with Crippen molar-refractivity contribution in [2.75, 3.05) is 13.7 Å². The van der Waals surface area contributed by atoms with Crippen LogP contribution in [0.3, 0.4) is 0 Å². The molecule has 3 heteroatoms. The predicted octanol–water partition coefficient (Wildman–Crippen LogP) is 3.32. The molecule has 3 nitrogen and oxygen atoms in total. The molecule has 0 aliphatic carbocycles. The molecule has 0 saturated carbocycles. The molecule has 0 aliphatic rings. The van der Waals surface area contributed by atoms with E-state index in [2.05, 4.69) is 0 Å². The first-order valence-electron chi connectivity index (χ1n) is 6.76. The minimum Gasteiger partial charge on any atom is -0.496 e. The van der Waals surface area contributed by atoms with Crippen LogP contribution < -0.4 is 15.2 Å². The van der Waals surface area contributed by atoms with Crippen molar-refractivity contribution in [2.24, 2.45) is 5.73 Å². The third-order valence-corrected chi connectivity index (χ3v) is 3.41. The molecule has 0 saturated heterocycles. The molecule has 0 aliphatic heterocycles. The van der Waals surface area contributed by atoms with Crippen molar-refractivity contribution in [3.05, 3.63) is 59.7 Å². The zero-order valence-electron chi connectivity index (χ0n) is 12.2. The highest BCUT2D eigenvalue weighted by atomic mass is 16.5. The lowest BCUT2D eigenvalue weighted by molar-refractivity contribution is 0.329. The summed E-state index contributed by atoms with van der Waals surface area (Å²) in [7, 11) is 1.66. The minimum atomic E-state index is -0.682. The number of ether oxygens (including phenoxy) is 2. The molecule has 0 spiro atoms. The number of hydrogen-bond donors (Lipinski definition) is 1. The molecule has 1 unspecified atom stereocenters. The average molecular weight is 271 g/mol. The van der Waals surface area contributed by atoms with Crippen LogP contribution in [0.15, 0.2) is 48.5 Å². The minimum absolute atomic E-state index is 0.610. The zero-order valence-corrected chi connectivity index (χ0v) is 12.2. The largest absolute Gasteiger partial charge is 0.496 e. The Balaban J connectivity index is 2.54. The van der Waals surface area contributed by atoms with E-state index < -0.39 is 5.54 Å². The van der Waals surface area contributed by atoms with Gasteiger partial charge >= 0.3 is 0 Å². The molecule has 0 amide bonds. The molecule has 0 bridgehead atoms. The van der Waals surface area contributed by atoms with Gasteiger partial charge in [0.2, 0.25) is 0 Å². The van der Waals surface area contributed by atoms with Crippen LogP contribution in [0, 0.1) is 0 Å². The van der Waals surface area contributed by atoms with Gasteiger partial charge in [-0.15, -0.1) is 0 Å². The molecule has 2 aromatic rings. The normalized spacial score (nSPS) is 13.6. The Morgan fingerprint density at radius 2 is 1.45 bits per heavy atom. The molecule has 1 atom stereocenters. The van der Waals surface area contributed by atoms with Gasteiger partial charge in [0.1, 0.15) is 11.5 Å². The molecule has 0 fully saturated rings. The van der Waals surface area contributed by atoms with Gasteiger partial charge in [0.25, 0.3) is 0 Å².